The van der Waals surface area contributed by atoms with Crippen molar-refractivity contribution in [3.05, 3.63) is 35.9 Å². The first kappa shape index (κ1) is 19.4. The van der Waals surface area contributed by atoms with Gasteiger partial charge in [-0.05, 0) is 12.5 Å². The summed E-state index contributed by atoms with van der Waals surface area (Å²) in [6.45, 7) is 7.97. The molecule has 1 aliphatic heterocycles. The third-order valence-corrected chi connectivity index (χ3v) is 5.40. The highest BCUT2D eigenvalue weighted by Gasteiger charge is 2.20. The number of carbonyl (C=O) groups is 1. The van der Waals surface area contributed by atoms with Gasteiger partial charge in [-0.1, -0.05) is 30.3 Å². The summed E-state index contributed by atoms with van der Waals surface area (Å²) in [5, 5.41) is 3.29. The van der Waals surface area contributed by atoms with Gasteiger partial charge in [0.05, 0.1) is 6.54 Å². The lowest BCUT2D eigenvalue weighted by Gasteiger charge is -2.36. The number of hydrogen-bond acceptors (Lipinski definition) is 3. The van der Waals surface area contributed by atoms with Crippen molar-refractivity contribution in [3.8, 4) is 0 Å². The molecule has 1 aliphatic rings. The monoisotopic (exact) mass is 364 g/mol. The average molecular weight is 365 g/mol. The quantitative estimate of drug-likeness (QED) is 0.606. The fourth-order valence-corrected chi connectivity index (χ4v) is 3.75. The lowest BCUT2D eigenvalue weighted by molar-refractivity contribution is -0.130. The van der Waals surface area contributed by atoms with Gasteiger partial charge in [0.2, 0.25) is 5.91 Å². The van der Waals surface area contributed by atoms with Gasteiger partial charge in [0.15, 0.2) is 5.96 Å². The SMILES string of the molecule is CCNC(=NCCS(=O)Cc1ccccc1)N1CCN(C(C)=O)CC1. The lowest BCUT2D eigenvalue weighted by Crippen LogP contribution is -2.53. The Balaban J connectivity index is 1.83. The number of nitrogens with zero attached hydrogens (tertiary/aromatic N) is 3. The van der Waals surface area contributed by atoms with E-state index in [4.69, 9.17) is 0 Å². The second-order valence-corrected chi connectivity index (χ2v) is 7.58. The van der Waals surface area contributed by atoms with Crippen LogP contribution in [0.4, 0.5) is 0 Å². The zero-order valence-electron chi connectivity index (χ0n) is 15.1. The molecule has 0 spiro atoms. The van der Waals surface area contributed by atoms with Crippen molar-refractivity contribution in [1.82, 2.24) is 15.1 Å². The molecule has 7 heteroatoms. The average Bonchev–Trinajstić information content (AvgIpc) is 2.62. The number of aliphatic imine (C=N–C) groups is 1. The molecule has 1 N–H and O–H groups in total. The molecule has 1 unspecified atom stereocenters. The van der Waals surface area contributed by atoms with E-state index < -0.39 is 10.8 Å². The van der Waals surface area contributed by atoms with Crippen LogP contribution in [0.25, 0.3) is 0 Å². The van der Waals surface area contributed by atoms with Crippen LogP contribution in [0.15, 0.2) is 35.3 Å². The number of guanidine groups is 1. The Bertz CT molecular complexity index is 598. The molecular formula is C18H28N4O2S. The molecule has 0 aliphatic carbocycles. The standard InChI is InChI=1S/C18H28N4O2S/c1-3-19-18(22-12-10-21(11-13-22)16(2)23)20-9-14-25(24)15-17-7-5-4-6-8-17/h4-8H,3,9-15H2,1-2H3,(H,19,20). The van der Waals surface area contributed by atoms with Crippen LogP contribution < -0.4 is 5.32 Å². The Kier molecular flexibility index (Phi) is 7.91. The predicted octanol–water partition coefficient (Wildman–Crippen LogP) is 1.06. The van der Waals surface area contributed by atoms with E-state index >= 15 is 0 Å². The van der Waals surface area contributed by atoms with E-state index in [9.17, 15) is 9.00 Å². The Labute approximate surface area is 152 Å². The number of piperazine rings is 1. The Morgan fingerprint density at radius 2 is 1.80 bits per heavy atom. The number of nitrogens with one attached hydrogen (secondary N) is 1. The van der Waals surface area contributed by atoms with E-state index in [0.717, 1.165) is 44.2 Å². The van der Waals surface area contributed by atoms with Crippen molar-refractivity contribution in [1.29, 1.82) is 0 Å². The first-order valence-electron chi connectivity index (χ1n) is 8.77. The van der Waals surface area contributed by atoms with Crippen molar-refractivity contribution in [2.45, 2.75) is 19.6 Å². The summed E-state index contributed by atoms with van der Waals surface area (Å²) >= 11 is 0. The first-order valence-corrected chi connectivity index (χ1v) is 10.3. The molecule has 0 radical (unpaired) electrons. The van der Waals surface area contributed by atoms with E-state index in [1.54, 1.807) is 6.92 Å². The van der Waals surface area contributed by atoms with Crippen LogP contribution in [0.1, 0.15) is 19.4 Å². The maximum absolute atomic E-state index is 12.2. The van der Waals surface area contributed by atoms with Gasteiger partial charge < -0.3 is 15.1 Å². The highest BCUT2D eigenvalue weighted by atomic mass is 32.2. The van der Waals surface area contributed by atoms with Gasteiger partial charge in [0, 0.05) is 62.0 Å². The van der Waals surface area contributed by atoms with Gasteiger partial charge in [0.25, 0.3) is 0 Å². The number of benzene rings is 1. The molecule has 0 bridgehead atoms. The third kappa shape index (κ3) is 6.49. The van der Waals surface area contributed by atoms with Crippen molar-refractivity contribution in [2.75, 3.05) is 45.0 Å². The molecular weight excluding hydrogens is 336 g/mol. The second kappa shape index (κ2) is 10.2. The maximum atomic E-state index is 12.2. The zero-order valence-corrected chi connectivity index (χ0v) is 15.9. The lowest BCUT2D eigenvalue weighted by atomic mass is 10.2. The van der Waals surface area contributed by atoms with Gasteiger partial charge in [0.1, 0.15) is 0 Å². The fourth-order valence-electron chi connectivity index (χ4n) is 2.74. The minimum absolute atomic E-state index is 0.123. The van der Waals surface area contributed by atoms with Crippen LogP contribution >= 0.6 is 0 Å². The molecule has 2 rings (SSSR count). The molecule has 0 saturated carbocycles. The highest BCUT2D eigenvalue weighted by Crippen LogP contribution is 2.04. The Morgan fingerprint density at radius 3 is 2.40 bits per heavy atom. The van der Waals surface area contributed by atoms with E-state index in [-0.39, 0.29) is 5.91 Å². The summed E-state index contributed by atoms with van der Waals surface area (Å²) < 4.78 is 12.2. The normalized spacial score (nSPS) is 16.6. The maximum Gasteiger partial charge on any atom is 0.219 e. The second-order valence-electron chi connectivity index (χ2n) is 6.00. The first-order chi connectivity index (χ1) is 12.1. The summed E-state index contributed by atoms with van der Waals surface area (Å²) in [6.07, 6.45) is 0. The van der Waals surface area contributed by atoms with Crippen molar-refractivity contribution in [3.63, 3.8) is 0 Å². The minimum atomic E-state index is -0.914. The van der Waals surface area contributed by atoms with E-state index in [0.29, 0.717) is 18.1 Å². The van der Waals surface area contributed by atoms with Crippen molar-refractivity contribution in [2.24, 2.45) is 4.99 Å². The van der Waals surface area contributed by atoms with Gasteiger partial charge in [-0.3, -0.25) is 14.0 Å². The summed E-state index contributed by atoms with van der Waals surface area (Å²) in [6, 6.07) is 9.90. The van der Waals surface area contributed by atoms with Crippen LogP contribution in [-0.4, -0.2) is 70.9 Å². The smallest absolute Gasteiger partial charge is 0.219 e. The summed E-state index contributed by atoms with van der Waals surface area (Å²) in [5.74, 6) is 2.10. The third-order valence-electron chi connectivity index (χ3n) is 4.11. The minimum Gasteiger partial charge on any atom is -0.357 e. The molecule has 6 nitrogen and oxygen atoms in total. The van der Waals surface area contributed by atoms with Crippen molar-refractivity contribution >= 4 is 22.7 Å². The van der Waals surface area contributed by atoms with E-state index in [1.807, 2.05) is 42.2 Å². The Hall–Kier alpha value is -1.89. The van der Waals surface area contributed by atoms with Crippen LogP contribution in [0, 0.1) is 0 Å². The Morgan fingerprint density at radius 1 is 1.16 bits per heavy atom. The van der Waals surface area contributed by atoms with Crippen molar-refractivity contribution < 1.29 is 9.00 Å². The molecule has 1 amide bonds. The van der Waals surface area contributed by atoms with Gasteiger partial charge >= 0.3 is 0 Å². The largest absolute Gasteiger partial charge is 0.357 e. The topological polar surface area (TPSA) is 65.0 Å². The molecule has 1 aromatic rings. The zero-order chi connectivity index (χ0) is 18.1. The molecule has 1 fully saturated rings. The molecule has 1 aromatic carbocycles. The van der Waals surface area contributed by atoms with Gasteiger partial charge in [-0.25, -0.2) is 0 Å². The molecule has 1 atom stereocenters. The summed E-state index contributed by atoms with van der Waals surface area (Å²) in [7, 11) is -0.914. The predicted molar refractivity (Wildman–Crippen MR) is 103 cm³/mol. The number of carbonyl (C=O) groups excluding carboxylic acids is 1. The van der Waals surface area contributed by atoms with E-state index in [2.05, 4.69) is 15.2 Å². The molecule has 138 valence electrons. The van der Waals surface area contributed by atoms with Gasteiger partial charge in [-0.15, -0.1) is 0 Å². The van der Waals surface area contributed by atoms with Crippen LogP contribution in [0.5, 0.6) is 0 Å². The number of hydrogen-bond donors (Lipinski definition) is 1. The fraction of sp³-hybridized carbons (Fsp3) is 0.556. The molecule has 25 heavy (non-hydrogen) atoms. The number of amides is 1. The molecule has 0 aromatic heterocycles. The molecule has 1 heterocycles. The highest BCUT2D eigenvalue weighted by molar-refractivity contribution is 7.84. The number of rotatable bonds is 6. The summed E-state index contributed by atoms with van der Waals surface area (Å²) in [5.41, 5.74) is 1.09. The van der Waals surface area contributed by atoms with Crippen LogP contribution in [0.2, 0.25) is 0 Å². The van der Waals surface area contributed by atoms with Crippen LogP contribution in [-0.2, 0) is 21.3 Å². The molecule has 1 saturated heterocycles. The van der Waals surface area contributed by atoms with E-state index in [1.165, 1.54) is 0 Å². The van der Waals surface area contributed by atoms with Crippen LogP contribution in [0.3, 0.4) is 0 Å². The van der Waals surface area contributed by atoms with Gasteiger partial charge in [-0.2, -0.15) is 0 Å². The summed E-state index contributed by atoms with van der Waals surface area (Å²) in [4.78, 5) is 20.1.